The SMILES string of the molecule is COCC(CNC(=O)Nc1cccc(C(=O)O)c1)OC. The Morgan fingerprint density at radius 1 is 1.35 bits per heavy atom. The smallest absolute Gasteiger partial charge is 0.335 e. The van der Waals surface area contributed by atoms with Crippen molar-refractivity contribution in [1.29, 1.82) is 0 Å². The molecular formula is C13H18N2O5. The maximum Gasteiger partial charge on any atom is 0.335 e. The summed E-state index contributed by atoms with van der Waals surface area (Å²) in [5.41, 5.74) is 0.514. The van der Waals surface area contributed by atoms with Crippen LogP contribution in [0.2, 0.25) is 0 Å². The third kappa shape index (κ3) is 5.25. The van der Waals surface area contributed by atoms with Gasteiger partial charge in [-0.15, -0.1) is 0 Å². The van der Waals surface area contributed by atoms with Gasteiger partial charge in [-0.25, -0.2) is 9.59 Å². The van der Waals surface area contributed by atoms with E-state index in [1.165, 1.54) is 19.2 Å². The van der Waals surface area contributed by atoms with Crippen LogP contribution < -0.4 is 10.6 Å². The van der Waals surface area contributed by atoms with Gasteiger partial charge in [0.1, 0.15) is 0 Å². The van der Waals surface area contributed by atoms with Gasteiger partial charge in [0.25, 0.3) is 0 Å². The van der Waals surface area contributed by atoms with E-state index in [4.69, 9.17) is 14.6 Å². The lowest BCUT2D eigenvalue weighted by atomic mass is 10.2. The lowest BCUT2D eigenvalue weighted by Gasteiger charge is -2.15. The Labute approximate surface area is 116 Å². The summed E-state index contributed by atoms with van der Waals surface area (Å²) in [7, 11) is 3.07. The molecule has 0 fully saturated rings. The van der Waals surface area contributed by atoms with E-state index < -0.39 is 12.0 Å². The number of hydrogen-bond acceptors (Lipinski definition) is 4. The fourth-order valence-electron chi connectivity index (χ4n) is 1.51. The van der Waals surface area contributed by atoms with Gasteiger partial charge in [0, 0.05) is 26.5 Å². The zero-order chi connectivity index (χ0) is 15.0. The summed E-state index contributed by atoms with van der Waals surface area (Å²) < 4.78 is 10.0. The fourth-order valence-corrected chi connectivity index (χ4v) is 1.51. The second kappa shape index (κ2) is 8.13. The molecule has 3 N–H and O–H groups in total. The van der Waals surface area contributed by atoms with Gasteiger partial charge in [-0.2, -0.15) is 0 Å². The first-order valence-electron chi connectivity index (χ1n) is 5.96. The van der Waals surface area contributed by atoms with E-state index in [1.807, 2.05) is 0 Å². The van der Waals surface area contributed by atoms with Crippen molar-refractivity contribution in [2.24, 2.45) is 0 Å². The minimum Gasteiger partial charge on any atom is -0.478 e. The van der Waals surface area contributed by atoms with E-state index in [0.29, 0.717) is 12.3 Å². The maximum atomic E-state index is 11.7. The number of carboxylic acids is 1. The molecule has 2 amide bonds. The van der Waals surface area contributed by atoms with Gasteiger partial charge in [0.15, 0.2) is 0 Å². The number of urea groups is 1. The van der Waals surface area contributed by atoms with Gasteiger partial charge in [0.05, 0.1) is 18.3 Å². The van der Waals surface area contributed by atoms with Crippen molar-refractivity contribution in [2.75, 3.05) is 32.7 Å². The second-order valence-electron chi connectivity index (χ2n) is 4.03. The highest BCUT2D eigenvalue weighted by atomic mass is 16.5. The number of carboxylic acid groups (broad SMARTS) is 1. The monoisotopic (exact) mass is 282 g/mol. The van der Waals surface area contributed by atoms with Crippen LogP contribution in [0.4, 0.5) is 10.5 Å². The summed E-state index contributed by atoms with van der Waals surface area (Å²) >= 11 is 0. The highest BCUT2D eigenvalue weighted by Gasteiger charge is 2.10. The largest absolute Gasteiger partial charge is 0.478 e. The van der Waals surface area contributed by atoms with Gasteiger partial charge in [-0.3, -0.25) is 0 Å². The van der Waals surface area contributed by atoms with Crippen molar-refractivity contribution in [3.63, 3.8) is 0 Å². The van der Waals surface area contributed by atoms with E-state index >= 15 is 0 Å². The van der Waals surface area contributed by atoms with Gasteiger partial charge in [0.2, 0.25) is 0 Å². The zero-order valence-corrected chi connectivity index (χ0v) is 11.4. The molecule has 0 spiro atoms. The minimum atomic E-state index is -1.05. The number of methoxy groups -OCH3 is 2. The number of carbonyl (C=O) groups is 2. The molecule has 0 aliphatic heterocycles. The first kappa shape index (κ1) is 15.9. The number of carbonyl (C=O) groups excluding carboxylic acids is 1. The molecule has 1 aromatic carbocycles. The van der Waals surface area contributed by atoms with Gasteiger partial charge in [-0.1, -0.05) is 6.07 Å². The first-order chi connectivity index (χ1) is 9.56. The zero-order valence-electron chi connectivity index (χ0n) is 11.4. The first-order valence-corrected chi connectivity index (χ1v) is 5.96. The molecule has 0 saturated carbocycles. The van der Waals surface area contributed by atoms with Crippen LogP contribution in [0.25, 0.3) is 0 Å². The summed E-state index contributed by atoms with van der Waals surface area (Å²) in [6.45, 7) is 0.653. The molecule has 0 aromatic heterocycles. The number of rotatable bonds is 7. The van der Waals surface area contributed by atoms with Crippen LogP contribution in [-0.4, -0.2) is 50.6 Å². The summed E-state index contributed by atoms with van der Waals surface area (Å²) in [6, 6.07) is 5.55. The van der Waals surface area contributed by atoms with Crippen LogP contribution in [0.15, 0.2) is 24.3 Å². The average molecular weight is 282 g/mol. The topological polar surface area (TPSA) is 96.9 Å². The van der Waals surface area contributed by atoms with Gasteiger partial charge < -0.3 is 25.2 Å². The lowest BCUT2D eigenvalue weighted by Crippen LogP contribution is -2.38. The second-order valence-corrected chi connectivity index (χ2v) is 4.03. The Morgan fingerprint density at radius 3 is 2.70 bits per heavy atom. The van der Waals surface area contributed by atoms with E-state index in [2.05, 4.69) is 10.6 Å². The molecule has 0 radical (unpaired) electrons. The van der Waals surface area contributed by atoms with Crippen molar-refractivity contribution in [1.82, 2.24) is 5.32 Å². The van der Waals surface area contributed by atoms with Crippen molar-refractivity contribution in [2.45, 2.75) is 6.10 Å². The van der Waals surface area contributed by atoms with Crippen molar-refractivity contribution < 1.29 is 24.2 Å². The van der Waals surface area contributed by atoms with Crippen LogP contribution in [0.1, 0.15) is 10.4 Å². The molecule has 1 unspecified atom stereocenters. The molecule has 0 bridgehead atoms. The highest BCUT2D eigenvalue weighted by molar-refractivity contribution is 5.93. The van der Waals surface area contributed by atoms with E-state index in [1.54, 1.807) is 19.2 Å². The van der Waals surface area contributed by atoms with Crippen LogP contribution in [0, 0.1) is 0 Å². The third-order valence-electron chi connectivity index (χ3n) is 2.54. The van der Waals surface area contributed by atoms with Crippen molar-refractivity contribution in [3.8, 4) is 0 Å². The molecule has 20 heavy (non-hydrogen) atoms. The molecule has 110 valence electrons. The van der Waals surface area contributed by atoms with Crippen LogP contribution >= 0.6 is 0 Å². The molecule has 1 rings (SSSR count). The quantitative estimate of drug-likeness (QED) is 0.697. The highest BCUT2D eigenvalue weighted by Crippen LogP contribution is 2.10. The molecule has 7 nitrogen and oxygen atoms in total. The summed E-state index contributed by atoms with van der Waals surface area (Å²) in [6.07, 6.45) is -0.240. The van der Waals surface area contributed by atoms with E-state index in [0.717, 1.165) is 0 Å². The Bertz CT molecular complexity index is 464. The number of benzene rings is 1. The number of aromatic carboxylic acids is 1. The van der Waals surface area contributed by atoms with Crippen LogP contribution in [-0.2, 0) is 9.47 Å². The molecule has 0 aliphatic carbocycles. The number of nitrogens with one attached hydrogen (secondary N) is 2. The molecule has 0 aliphatic rings. The Kier molecular flexibility index (Phi) is 6.48. The predicted octanol–water partition coefficient (Wildman–Crippen LogP) is 1.17. The summed E-state index contributed by atoms with van der Waals surface area (Å²) in [5, 5.41) is 14.0. The number of anilines is 1. The summed E-state index contributed by atoms with van der Waals surface area (Å²) in [5.74, 6) is -1.05. The Morgan fingerprint density at radius 2 is 2.10 bits per heavy atom. The van der Waals surface area contributed by atoms with Gasteiger partial charge in [-0.05, 0) is 18.2 Å². The van der Waals surface area contributed by atoms with E-state index in [9.17, 15) is 9.59 Å². The molecule has 0 heterocycles. The molecular weight excluding hydrogens is 264 g/mol. The van der Waals surface area contributed by atoms with Crippen LogP contribution in [0.3, 0.4) is 0 Å². The van der Waals surface area contributed by atoms with Crippen LogP contribution in [0.5, 0.6) is 0 Å². The number of amides is 2. The molecule has 1 aromatic rings. The lowest BCUT2D eigenvalue weighted by molar-refractivity contribution is 0.0307. The third-order valence-corrected chi connectivity index (χ3v) is 2.54. The summed E-state index contributed by atoms with van der Waals surface area (Å²) in [4.78, 5) is 22.5. The Hall–Kier alpha value is -2.12. The van der Waals surface area contributed by atoms with E-state index in [-0.39, 0.29) is 18.2 Å². The van der Waals surface area contributed by atoms with Crippen molar-refractivity contribution >= 4 is 17.7 Å². The number of hydrogen-bond donors (Lipinski definition) is 3. The molecule has 0 saturated heterocycles. The number of ether oxygens (including phenoxy) is 2. The molecule has 1 atom stereocenters. The maximum absolute atomic E-state index is 11.7. The predicted molar refractivity (Wildman–Crippen MR) is 73.1 cm³/mol. The van der Waals surface area contributed by atoms with Gasteiger partial charge >= 0.3 is 12.0 Å². The minimum absolute atomic E-state index is 0.108. The standard InChI is InChI=1S/C13H18N2O5/c1-19-8-11(20-2)7-14-13(18)15-10-5-3-4-9(6-10)12(16)17/h3-6,11H,7-8H2,1-2H3,(H,16,17)(H2,14,15,18). The normalized spacial score (nSPS) is 11.7. The van der Waals surface area contributed by atoms with Crippen molar-refractivity contribution in [3.05, 3.63) is 29.8 Å². The average Bonchev–Trinajstić information content (AvgIpc) is 2.43. The molecule has 7 heteroatoms. The fraction of sp³-hybridized carbons (Fsp3) is 0.385. The Balaban J connectivity index is 2.49.